The molecule has 0 aliphatic heterocycles. The number of aromatic carboxylic acids is 1. The lowest BCUT2D eigenvalue weighted by atomic mass is 9.98. The van der Waals surface area contributed by atoms with E-state index in [1.165, 1.54) is 0 Å². The average molecular weight is 527 g/mol. The minimum Gasteiger partial charge on any atom is -0.493 e. The van der Waals surface area contributed by atoms with Crippen LogP contribution in [0.25, 0.3) is 11.1 Å². The van der Waals surface area contributed by atoms with E-state index in [1.807, 2.05) is 6.92 Å². The van der Waals surface area contributed by atoms with Crippen molar-refractivity contribution in [3.63, 3.8) is 0 Å². The third kappa shape index (κ3) is 10.7. The van der Waals surface area contributed by atoms with Gasteiger partial charge in [-0.25, -0.2) is 4.79 Å². The molecule has 7 nitrogen and oxygen atoms in total. The summed E-state index contributed by atoms with van der Waals surface area (Å²) >= 11 is 0. The van der Waals surface area contributed by atoms with Gasteiger partial charge in [0, 0.05) is 29.3 Å². The summed E-state index contributed by atoms with van der Waals surface area (Å²) in [5.74, 6) is -0.0298. The van der Waals surface area contributed by atoms with E-state index in [0.717, 1.165) is 64.2 Å². The van der Waals surface area contributed by atoms with Crippen LogP contribution in [0.15, 0.2) is 36.4 Å². The monoisotopic (exact) mass is 526 g/mol. The van der Waals surface area contributed by atoms with Gasteiger partial charge in [-0.1, -0.05) is 52.4 Å². The molecule has 38 heavy (non-hydrogen) atoms. The summed E-state index contributed by atoms with van der Waals surface area (Å²) in [7, 11) is 0. The summed E-state index contributed by atoms with van der Waals surface area (Å²) in [4.78, 5) is 24.8. The number of carbonyl (C=O) groups is 2. The Labute approximate surface area is 228 Å². The van der Waals surface area contributed by atoms with Crippen LogP contribution in [-0.4, -0.2) is 42.8 Å². The summed E-state index contributed by atoms with van der Waals surface area (Å²) in [5, 5.41) is 12.6. The Hall–Kier alpha value is -3.06. The standard InChI is InChI=1S/C31H46N2O5/c1-4-6-8-10-19-37-28-16-14-24(30(34)33-18-12-13-23(3)32)21-26(28)27-22-25(31(35)36)15-17-29(27)38-20-11-9-7-5-2/h14-17,21-23H,4-13,18-20,32H2,1-3H3,(H,33,34)(H,35,36). The molecule has 0 saturated heterocycles. The molecule has 1 atom stereocenters. The van der Waals surface area contributed by atoms with Gasteiger partial charge in [0.2, 0.25) is 0 Å². The first-order valence-corrected chi connectivity index (χ1v) is 14.2. The van der Waals surface area contributed by atoms with E-state index < -0.39 is 5.97 Å². The fourth-order valence-corrected chi connectivity index (χ4v) is 4.16. The van der Waals surface area contributed by atoms with Crippen LogP contribution in [0, 0.1) is 0 Å². The van der Waals surface area contributed by atoms with E-state index in [-0.39, 0.29) is 17.5 Å². The smallest absolute Gasteiger partial charge is 0.335 e. The zero-order valence-electron chi connectivity index (χ0n) is 23.4. The number of ether oxygens (including phenoxy) is 2. The van der Waals surface area contributed by atoms with E-state index in [9.17, 15) is 14.7 Å². The molecule has 210 valence electrons. The Balaban J connectivity index is 2.38. The van der Waals surface area contributed by atoms with Crippen LogP contribution in [0.3, 0.4) is 0 Å². The number of carboxylic acid groups (broad SMARTS) is 1. The fraction of sp³-hybridized carbons (Fsp3) is 0.548. The molecule has 1 unspecified atom stereocenters. The zero-order valence-corrected chi connectivity index (χ0v) is 23.4. The van der Waals surface area contributed by atoms with E-state index in [0.29, 0.717) is 47.9 Å². The van der Waals surface area contributed by atoms with Crippen molar-refractivity contribution < 1.29 is 24.2 Å². The first kappa shape index (κ1) is 31.2. The van der Waals surface area contributed by atoms with Gasteiger partial charge in [-0.2, -0.15) is 0 Å². The van der Waals surface area contributed by atoms with Crippen molar-refractivity contribution in [3.05, 3.63) is 47.5 Å². The maximum absolute atomic E-state index is 12.9. The van der Waals surface area contributed by atoms with Crippen LogP contribution < -0.4 is 20.5 Å². The summed E-state index contributed by atoms with van der Waals surface area (Å²) in [6.07, 6.45) is 10.2. The van der Waals surface area contributed by atoms with E-state index in [2.05, 4.69) is 19.2 Å². The molecule has 1 amide bonds. The molecule has 0 aromatic heterocycles. The molecular formula is C31H46N2O5. The average Bonchev–Trinajstić information content (AvgIpc) is 2.90. The van der Waals surface area contributed by atoms with Crippen LogP contribution in [0.2, 0.25) is 0 Å². The van der Waals surface area contributed by atoms with Gasteiger partial charge in [0.05, 0.1) is 18.8 Å². The van der Waals surface area contributed by atoms with Crippen LogP contribution in [0.4, 0.5) is 0 Å². The Kier molecular flexibility index (Phi) is 14.3. The lowest BCUT2D eigenvalue weighted by Crippen LogP contribution is -2.26. The molecular weight excluding hydrogens is 480 g/mol. The molecule has 0 fully saturated rings. The maximum atomic E-state index is 12.9. The summed E-state index contributed by atoms with van der Waals surface area (Å²) in [6, 6.07) is 10.3. The number of benzene rings is 2. The van der Waals surface area contributed by atoms with Crippen molar-refractivity contribution >= 4 is 11.9 Å². The quantitative estimate of drug-likeness (QED) is 0.173. The summed E-state index contributed by atoms with van der Waals surface area (Å²) < 4.78 is 12.3. The van der Waals surface area contributed by atoms with E-state index in [1.54, 1.807) is 36.4 Å². The van der Waals surface area contributed by atoms with Gasteiger partial charge in [-0.05, 0) is 69.0 Å². The number of nitrogens with two attached hydrogens (primary N) is 1. The Morgan fingerprint density at radius 1 is 0.816 bits per heavy atom. The summed E-state index contributed by atoms with van der Waals surface area (Å²) in [6.45, 7) is 7.89. The first-order valence-electron chi connectivity index (χ1n) is 14.2. The second kappa shape index (κ2) is 17.4. The fourth-order valence-electron chi connectivity index (χ4n) is 4.16. The second-order valence-corrected chi connectivity index (χ2v) is 9.92. The van der Waals surface area contributed by atoms with Crippen LogP contribution in [0.5, 0.6) is 11.5 Å². The van der Waals surface area contributed by atoms with Crippen molar-refractivity contribution in [1.82, 2.24) is 5.32 Å². The number of hydrogen-bond donors (Lipinski definition) is 3. The molecule has 2 aromatic carbocycles. The Morgan fingerprint density at radius 2 is 1.34 bits per heavy atom. The van der Waals surface area contributed by atoms with Gasteiger partial charge in [-0.3, -0.25) is 4.79 Å². The summed E-state index contributed by atoms with van der Waals surface area (Å²) in [5.41, 5.74) is 7.70. The van der Waals surface area contributed by atoms with Gasteiger partial charge < -0.3 is 25.6 Å². The highest BCUT2D eigenvalue weighted by atomic mass is 16.5. The van der Waals surface area contributed by atoms with Crippen molar-refractivity contribution in [3.8, 4) is 22.6 Å². The SMILES string of the molecule is CCCCCCOc1ccc(C(=O)O)cc1-c1cc(C(=O)NCCCC(C)N)ccc1OCCCCCC. The maximum Gasteiger partial charge on any atom is 0.335 e. The zero-order chi connectivity index (χ0) is 27.8. The molecule has 0 radical (unpaired) electrons. The van der Waals surface area contributed by atoms with Gasteiger partial charge in [-0.15, -0.1) is 0 Å². The highest BCUT2D eigenvalue weighted by molar-refractivity contribution is 5.97. The number of amides is 1. The van der Waals surface area contributed by atoms with Gasteiger partial charge in [0.1, 0.15) is 11.5 Å². The molecule has 2 rings (SSSR count). The van der Waals surface area contributed by atoms with Crippen molar-refractivity contribution in [2.75, 3.05) is 19.8 Å². The van der Waals surface area contributed by atoms with Gasteiger partial charge >= 0.3 is 5.97 Å². The molecule has 0 saturated carbocycles. The van der Waals surface area contributed by atoms with Crippen LogP contribution >= 0.6 is 0 Å². The molecule has 0 aliphatic rings. The van der Waals surface area contributed by atoms with Crippen LogP contribution in [0.1, 0.15) is 106 Å². The highest BCUT2D eigenvalue weighted by Crippen LogP contribution is 2.38. The number of unbranched alkanes of at least 4 members (excludes halogenated alkanes) is 6. The molecule has 4 N–H and O–H groups in total. The molecule has 0 spiro atoms. The normalized spacial score (nSPS) is 11.7. The number of rotatable bonds is 19. The van der Waals surface area contributed by atoms with Gasteiger partial charge in [0.25, 0.3) is 5.91 Å². The predicted octanol–water partition coefficient (Wildman–Crippen LogP) is 6.83. The lowest BCUT2D eigenvalue weighted by Gasteiger charge is -2.17. The third-order valence-corrected chi connectivity index (χ3v) is 6.39. The topological polar surface area (TPSA) is 111 Å². The first-order chi connectivity index (χ1) is 18.4. The molecule has 0 bridgehead atoms. The minimum absolute atomic E-state index is 0.0918. The number of nitrogens with one attached hydrogen (secondary N) is 1. The number of hydrogen-bond acceptors (Lipinski definition) is 5. The van der Waals surface area contributed by atoms with Crippen molar-refractivity contribution in [2.45, 2.75) is 91.0 Å². The lowest BCUT2D eigenvalue weighted by molar-refractivity contribution is 0.0696. The van der Waals surface area contributed by atoms with E-state index in [4.69, 9.17) is 15.2 Å². The highest BCUT2D eigenvalue weighted by Gasteiger charge is 2.18. The third-order valence-electron chi connectivity index (χ3n) is 6.39. The number of carbonyl (C=O) groups excluding carboxylic acids is 1. The van der Waals surface area contributed by atoms with Crippen molar-refractivity contribution in [2.24, 2.45) is 5.73 Å². The molecule has 0 heterocycles. The van der Waals surface area contributed by atoms with Crippen LogP contribution in [-0.2, 0) is 0 Å². The molecule has 7 heteroatoms. The largest absolute Gasteiger partial charge is 0.493 e. The molecule has 0 aliphatic carbocycles. The van der Waals surface area contributed by atoms with E-state index >= 15 is 0 Å². The minimum atomic E-state index is -1.02. The van der Waals surface area contributed by atoms with Gasteiger partial charge in [0.15, 0.2) is 0 Å². The molecule has 2 aromatic rings. The Bertz CT molecular complexity index is 1010. The predicted molar refractivity (Wildman–Crippen MR) is 153 cm³/mol. The Morgan fingerprint density at radius 3 is 1.84 bits per heavy atom. The number of carboxylic acids is 1. The second-order valence-electron chi connectivity index (χ2n) is 9.92. The van der Waals surface area contributed by atoms with Crippen molar-refractivity contribution in [1.29, 1.82) is 0 Å².